The topological polar surface area (TPSA) is 165 Å². The Balaban J connectivity index is 1.30. The first-order valence-corrected chi connectivity index (χ1v) is 15.2. The van der Waals surface area contributed by atoms with Gasteiger partial charge in [0.1, 0.15) is 12.4 Å². The third-order valence-electron chi connectivity index (χ3n) is 8.17. The molecule has 11 heteroatoms. The number of hydrogen-bond acceptors (Lipinski definition) is 9. The molecule has 0 bridgehead atoms. The van der Waals surface area contributed by atoms with Crippen molar-refractivity contribution in [3.63, 3.8) is 0 Å². The number of amidine groups is 1. The molecule has 1 saturated carbocycles. The molecular formula is C32H41N7O4. The molecule has 1 aromatic heterocycles. The Bertz CT molecular complexity index is 1450. The first kappa shape index (κ1) is 30.4. The number of amides is 2. The van der Waals surface area contributed by atoms with Crippen LogP contribution in [0, 0.1) is 0 Å². The van der Waals surface area contributed by atoms with Crippen LogP contribution < -0.4 is 22.1 Å². The van der Waals surface area contributed by atoms with Gasteiger partial charge in [-0.25, -0.2) is 4.99 Å². The van der Waals surface area contributed by atoms with Crippen molar-refractivity contribution >= 4 is 41.1 Å². The first-order valence-electron chi connectivity index (χ1n) is 15.2. The van der Waals surface area contributed by atoms with Crippen LogP contribution in [0.2, 0.25) is 0 Å². The van der Waals surface area contributed by atoms with Crippen LogP contribution in [-0.2, 0) is 37.5 Å². The van der Waals surface area contributed by atoms with E-state index in [1.807, 2.05) is 37.3 Å². The molecule has 3 heterocycles. The Morgan fingerprint density at radius 2 is 2.02 bits per heavy atom. The number of nitrogens with zero attached hydrogens (tertiary/aromatic N) is 3. The number of benzene rings is 1. The van der Waals surface area contributed by atoms with E-state index in [0.29, 0.717) is 42.3 Å². The lowest BCUT2D eigenvalue weighted by molar-refractivity contribution is -0.145. The minimum Gasteiger partial charge on any atom is -0.464 e. The zero-order valence-corrected chi connectivity index (χ0v) is 24.8. The molecule has 2 aromatic rings. The number of ether oxygens (including phenoxy) is 1. The van der Waals surface area contributed by atoms with Crippen molar-refractivity contribution < 1.29 is 19.1 Å². The van der Waals surface area contributed by atoms with Gasteiger partial charge in [-0.3, -0.25) is 19.4 Å². The molecule has 3 aliphatic rings. The maximum atomic E-state index is 13.6. The molecule has 0 atom stereocenters. The second kappa shape index (κ2) is 13.5. The quantitative estimate of drug-likeness (QED) is 0.275. The molecule has 43 heavy (non-hydrogen) atoms. The van der Waals surface area contributed by atoms with Crippen LogP contribution >= 0.6 is 0 Å². The average Bonchev–Trinajstić information content (AvgIpc) is 3.83. The molecule has 2 amide bonds. The summed E-state index contributed by atoms with van der Waals surface area (Å²) in [5.74, 6) is -0.221. The fourth-order valence-corrected chi connectivity index (χ4v) is 5.64. The molecule has 11 nitrogen and oxygen atoms in total. The van der Waals surface area contributed by atoms with E-state index in [-0.39, 0.29) is 43.8 Å². The molecule has 0 spiro atoms. The van der Waals surface area contributed by atoms with Gasteiger partial charge in [-0.05, 0) is 61.6 Å². The maximum Gasteiger partial charge on any atom is 0.305 e. The van der Waals surface area contributed by atoms with Gasteiger partial charge in [0.05, 0.1) is 29.5 Å². The van der Waals surface area contributed by atoms with E-state index in [0.717, 1.165) is 61.2 Å². The molecule has 2 aliphatic heterocycles. The molecular weight excluding hydrogens is 546 g/mol. The van der Waals surface area contributed by atoms with Crippen LogP contribution in [0.3, 0.4) is 0 Å². The highest BCUT2D eigenvalue weighted by Gasteiger charge is 2.51. The summed E-state index contributed by atoms with van der Waals surface area (Å²) in [4.78, 5) is 49.8. The monoisotopic (exact) mass is 587 g/mol. The zero-order chi connectivity index (χ0) is 30.4. The van der Waals surface area contributed by atoms with Crippen LogP contribution in [0.1, 0.15) is 67.8 Å². The summed E-state index contributed by atoms with van der Waals surface area (Å²) >= 11 is 0. The highest BCUT2D eigenvalue weighted by molar-refractivity contribution is 6.06. The standard InChI is InChI=1S/C32H41N7O4/c1-2-12-39(13-14-43-29(40)4-3-10-33)30(41)22-15-21-5-6-24(18-27(21)38-28(34)17-22)32(8-9-32)31(42)37-25-16-23-19-35-11-7-26(23)36-20-25/h5-6,15-16,18,20,35H,2-4,7-14,17,19,33H2,1H3,(H2,34,38)(H,37,42). The van der Waals surface area contributed by atoms with Gasteiger partial charge in [0.15, 0.2) is 0 Å². The number of anilines is 1. The molecule has 228 valence electrons. The number of carbonyl (C=O) groups excluding carboxylic acids is 3. The van der Waals surface area contributed by atoms with Gasteiger partial charge in [0, 0.05) is 55.7 Å². The van der Waals surface area contributed by atoms with Crippen molar-refractivity contribution in [2.24, 2.45) is 16.5 Å². The predicted octanol–water partition coefficient (Wildman–Crippen LogP) is 2.69. The average molecular weight is 588 g/mol. The molecule has 0 saturated heterocycles. The second-order valence-electron chi connectivity index (χ2n) is 11.4. The van der Waals surface area contributed by atoms with Gasteiger partial charge in [0.25, 0.3) is 0 Å². The molecule has 0 radical (unpaired) electrons. The van der Waals surface area contributed by atoms with Crippen LogP contribution in [-0.4, -0.2) is 66.3 Å². The van der Waals surface area contributed by atoms with Gasteiger partial charge in [0.2, 0.25) is 11.8 Å². The van der Waals surface area contributed by atoms with Crippen molar-refractivity contribution in [1.29, 1.82) is 0 Å². The normalized spacial score (nSPS) is 16.5. The number of carbonyl (C=O) groups is 3. The molecule has 6 N–H and O–H groups in total. The first-order chi connectivity index (χ1) is 20.8. The number of nitrogens with two attached hydrogens (primary N) is 2. The van der Waals surface area contributed by atoms with Crippen LogP contribution in [0.5, 0.6) is 0 Å². The Kier molecular flexibility index (Phi) is 9.52. The highest BCUT2D eigenvalue weighted by Crippen LogP contribution is 2.50. The van der Waals surface area contributed by atoms with Crippen molar-refractivity contribution in [2.45, 2.75) is 63.8 Å². The van der Waals surface area contributed by atoms with Crippen molar-refractivity contribution in [2.75, 3.05) is 38.1 Å². The molecule has 0 unspecified atom stereocenters. The summed E-state index contributed by atoms with van der Waals surface area (Å²) in [6.07, 6.45) is 7.70. The van der Waals surface area contributed by atoms with Crippen LogP contribution in [0.15, 0.2) is 41.0 Å². The lowest BCUT2D eigenvalue weighted by Gasteiger charge is -2.23. The summed E-state index contributed by atoms with van der Waals surface area (Å²) in [5, 5.41) is 6.43. The Hall–Kier alpha value is -4.09. The third kappa shape index (κ3) is 7.11. The van der Waals surface area contributed by atoms with E-state index >= 15 is 0 Å². The fourth-order valence-electron chi connectivity index (χ4n) is 5.64. The van der Waals surface area contributed by atoms with Crippen LogP contribution in [0.25, 0.3) is 6.08 Å². The van der Waals surface area contributed by atoms with Gasteiger partial charge in [-0.15, -0.1) is 0 Å². The Morgan fingerprint density at radius 1 is 1.19 bits per heavy atom. The zero-order valence-electron chi connectivity index (χ0n) is 24.8. The molecule has 1 fully saturated rings. The summed E-state index contributed by atoms with van der Waals surface area (Å²) in [6, 6.07) is 7.77. The van der Waals surface area contributed by atoms with E-state index in [1.165, 1.54) is 0 Å². The Labute approximate surface area is 252 Å². The van der Waals surface area contributed by atoms with E-state index in [1.54, 1.807) is 11.1 Å². The number of rotatable bonds is 12. The van der Waals surface area contributed by atoms with Gasteiger partial charge in [-0.2, -0.15) is 0 Å². The highest BCUT2D eigenvalue weighted by atomic mass is 16.5. The summed E-state index contributed by atoms with van der Waals surface area (Å²) in [5.41, 5.74) is 16.8. The molecule has 5 rings (SSSR count). The number of fused-ring (bicyclic) bond motifs is 2. The van der Waals surface area contributed by atoms with Gasteiger partial charge >= 0.3 is 5.97 Å². The second-order valence-corrected chi connectivity index (χ2v) is 11.4. The third-order valence-corrected chi connectivity index (χ3v) is 8.17. The maximum absolute atomic E-state index is 13.6. The summed E-state index contributed by atoms with van der Waals surface area (Å²) in [7, 11) is 0. The largest absolute Gasteiger partial charge is 0.464 e. The number of nitrogens with one attached hydrogen (secondary N) is 2. The predicted molar refractivity (Wildman–Crippen MR) is 166 cm³/mol. The van der Waals surface area contributed by atoms with Crippen molar-refractivity contribution in [3.05, 3.63) is 58.4 Å². The lowest BCUT2D eigenvalue weighted by atomic mass is 9.92. The Morgan fingerprint density at radius 3 is 2.79 bits per heavy atom. The summed E-state index contributed by atoms with van der Waals surface area (Å²) < 4.78 is 5.30. The number of aromatic nitrogens is 1. The summed E-state index contributed by atoms with van der Waals surface area (Å²) in [6.45, 7) is 5.00. The minimum atomic E-state index is -0.637. The SMILES string of the molecule is CCCN(CCOC(=O)CCCN)C(=O)C1=Cc2ccc(C3(C(=O)Nc4cnc5c(c4)CNCC5)CC3)cc2N=C(N)C1. The lowest BCUT2D eigenvalue weighted by Crippen LogP contribution is -2.36. The van der Waals surface area contributed by atoms with Gasteiger partial charge < -0.3 is 31.7 Å². The number of hydrogen-bond donors (Lipinski definition) is 4. The van der Waals surface area contributed by atoms with E-state index in [2.05, 4.69) is 20.6 Å². The number of aliphatic imine (C=N–C) groups is 1. The van der Waals surface area contributed by atoms with Gasteiger partial charge in [-0.1, -0.05) is 19.1 Å². The molecule has 1 aromatic carbocycles. The van der Waals surface area contributed by atoms with Crippen LogP contribution in [0.4, 0.5) is 11.4 Å². The van der Waals surface area contributed by atoms with Crippen molar-refractivity contribution in [3.8, 4) is 0 Å². The smallest absolute Gasteiger partial charge is 0.305 e. The van der Waals surface area contributed by atoms with E-state index in [9.17, 15) is 14.4 Å². The number of pyridine rings is 1. The van der Waals surface area contributed by atoms with Crippen molar-refractivity contribution in [1.82, 2.24) is 15.2 Å². The van der Waals surface area contributed by atoms with E-state index in [4.69, 9.17) is 16.2 Å². The number of esters is 1. The fraction of sp³-hybridized carbons (Fsp3) is 0.469. The van der Waals surface area contributed by atoms with E-state index < -0.39 is 5.41 Å². The minimum absolute atomic E-state index is 0.0612. The molecule has 1 aliphatic carbocycles.